The zero-order valence-electron chi connectivity index (χ0n) is 9.53. The Bertz CT molecular complexity index is 350. The van der Waals surface area contributed by atoms with Gasteiger partial charge in [0.25, 0.3) is 0 Å². The molecule has 0 fully saturated rings. The minimum Gasteiger partial charge on any atom is -0.488 e. The van der Waals surface area contributed by atoms with Crippen LogP contribution in [0.5, 0.6) is 5.75 Å². The van der Waals surface area contributed by atoms with Gasteiger partial charge in [0.2, 0.25) is 0 Å². The fourth-order valence-electron chi connectivity index (χ4n) is 1.45. The van der Waals surface area contributed by atoms with E-state index in [-0.39, 0.29) is 31.5 Å². The van der Waals surface area contributed by atoms with E-state index < -0.39 is 5.82 Å². The van der Waals surface area contributed by atoms with Crippen LogP contribution in [0.2, 0.25) is 0 Å². The summed E-state index contributed by atoms with van der Waals surface area (Å²) in [7, 11) is 0. The van der Waals surface area contributed by atoms with E-state index in [0.29, 0.717) is 11.1 Å². The van der Waals surface area contributed by atoms with Gasteiger partial charge in [-0.1, -0.05) is 19.9 Å². The van der Waals surface area contributed by atoms with Crippen molar-refractivity contribution < 1.29 is 19.3 Å². The monoisotopic (exact) mass is 228 g/mol. The minimum atomic E-state index is -0.416. The maximum Gasteiger partial charge on any atom is 0.168 e. The highest BCUT2D eigenvalue weighted by atomic mass is 19.1. The topological polar surface area (TPSA) is 49.7 Å². The molecular formula is C12H17FO3. The van der Waals surface area contributed by atoms with Crippen LogP contribution in [0.25, 0.3) is 0 Å². The van der Waals surface area contributed by atoms with Crippen LogP contribution >= 0.6 is 0 Å². The third-order valence-electron chi connectivity index (χ3n) is 2.28. The van der Waals surface area contributed by atoms with E-state index in [0.717, 1.165) is 0 Å². The first kappa shape index (κ1) is 12.9. The van der Waals surface area contributed by atoms with Crippen molar-refractivity contribution in [3.63, 3.8) is 0 Å². The lowest BCUT2D eigenvalue weighted by Gasteiger charge is -2.13. The van der Waals surface area contributed by atoms with Gasteiger partial charge < -0.3 is 14.9 Å². The minimum absolute atomic E-state index is 0.0166. The van der Waals surface area contributed by atoms with Crippen molar-refractivity contribution in [2.24, 2.45) is 0 Å². The lowest BCUT2D eigenvalue weighted by Crippen LogP contribution is -2.06. The summed E-state index contributed by atoms with van der Waals surface area (Å²) >= 11 is 0. The molecule has 0 atom stereocenters. The van der Waals surface area contributed by atoms with Crippen molar-refractivity contribution in [1.82, 2.24) is 0 Å². The van der Waals surface area contributed by atoms with Crippen molar-refractivity contribution in [3.8, 4) is 5.75 Å². The van der Waals surface area contributed by atoms with Gasteiger partial charge in [-0.3, -0.25) is 0 Å². The number of benzene rings is 1. The molecule has 1 rings (SSSR count). The summed E-state index contributed by atoms with van der Waals surface area (Å²) in [5.74, 6) is -0.312. The molecule has 0 heterocycles. The van der Waals surface area contributed by atoms with E-state index in [4.69, 9.17) is 14.9 Å². The molecule has 4 heteroatoms. The van der Waals surface area contributed by atoms with E-state index >= 15 is 0 Å². The van der Waals surface area contributed by atoms with Crippen LogP contribution in [-0.2, 0) is 6.61 Å². The molecule has 0 spiro atoms. The highest BCUT2D eigenvalue weighted by Gasteiger charge is 2.14. The second-order valence-corrected chi connectivity index (χ2v) is 3.88. The number of aliphatic hydroxyl groups excluding tert-OH is 2. The second-order valence-electron chi connectivity index (χ2n) is 3.88. The molecule has 0 unspecified atom stereocenters. The van der Waals surface area contributed by atoms with Gasteiger partial charge >= 0.3 is 0 Å². The fraction of sp³-hybridized carbons (Fsp3) is 0.500. The first-order valence-electron chi connectivity index (χ1n) is 5.27. The van der Waals surface area contributed by atoms with Crippen LogP contribution in [0.4, 0.5) is 4.39 Å². The van der Waals surface area contributed by atoms with Gasteiger partial charge in [0.15, 0.2) is 11.6 Å². The van der Waals surface area contributed by atoms with E-state index in [1.165, 1.54) is 6.07 Å². The molecule has 1 aromatic rings. The van der Waals surface area contributed by atoms with E-state index in [1.807, 2.05) is 13.8 Å². The Hall–Kier alpha value is -1.13. The molecule has 0 amide bonds. The summed E-state index contributed by atoms with van der Waals surface area (Å²) in [6.45, 7) is 3.46. The summed E-state index contributed by atoms with van der Waals surface area (Å²) in [5.41, 5.74) is 1.12. The predicted molar refractivity (Wildman–Crippen MR) is 59.0 cm³/mol. The Kier molecular flexibility index (Phi) is 4.71. The molecule has 0 saturated heterocycles. The summed E-state index contributed by atoms with van der Waals surface area (Å²) in [6.07, 6.45) is 0. The van der Waals surface area contributed by atoms with Gasteiger partial charge in [-0.25, -0.2) is 4.39 Å². The molecule has 0 aliphatic heterocycles. The van der Waals surface area contributed by atoms with Gasteiger partial charge in [0.05, 0.1) is 13.2 Å². The van der Waals surface area contributed by atoms with Gasteiger partial charge in [-0.05, 0) is 23.1 Å². The van der Waals surface area contributed by atoms with Gasteiger partial charge in [0.1, 0.15) is 6.61 Å². The van der Waals surface area contributed by atoms with Crippen LogP contribution in [0.15, 0.2) is 12.1 Å². The van der Waals surface area contributed by atoms with Crippen LogP contribution in [-0.4, -0.2) is 23.4 Å². The Morgan fingerprint density at radius 2 is 2.00 bits per heavy atom. The van der Waals surface area contributed by atoms with Gasteiger partial charge in [0, 0.05) is 0 Å². The molecule has 90 valence electrons. The van der Waals surface area contributed by atoms with E-state index in [9.17, 15) is 4.39 Å². The van der Waals surface area contributed by atoms with Gasteiger partial charge in [-0.2, -0.15) is 0 Å². The molecule has 0 bridgehead atoms. The quantitative estimate of drug-likeness (QED) is 0.808. The molecule has 0 saturated carbocycles. The highest BCUT2D eigenvalue weighted by Crippen LogP contribution is 2.28. The van der Waals surface area contributed by atoms with Crippen LogP contribution in [0.1, 0.15) is 30.9 Å². The van der Waals surface area contributed by atoms with Crippen LogP contribution in [0.3, 0.4) is 0 Å². The maximum absolute atomic E-state index is 13.9. The third kappa shape index (κ3) is 2.93. The Morgan fingerprint density at radius 3 is 2.50 bits per heavy atom. The zero-order chi connectivity index (χ0) is 12.1. The predicted octanol–water partition coefficient (Wildman–Crippen LogP) is 1.81. The van der Waals surface area contributed by atoms with E-state index in [1.54, 1.807) is 6.07 Å². The standard InChI is InChI=1S/C12H17FO3/c1-8(2)10-5-9(7-15)6-11(12(10)13)16-4-3-14/h5-6,8,14-15H,3-4,7H2,1-2H3. The summed E-state index contributed by atoms with van der Waals surface area (Å²) < 4.78 is 19.0. The molecule has 16 heavy (non-hydrogen) atoms. The SMILES string of the molecule is CC(C)c1cc(CO)cc(OCCO)c1F. The molecule has 3 nitrogen and oxygen atoms in total. The first-order valence-corrected chi connectivity index (χ1v) is 5.27. The van der Waals surface area contributed by atoms with Crippen LogP contribution < -0.4 is 4.74 Å². The van der Waals surface area contributed by atoms with E-state index in [2.05, 4.69) is 0 Å². The largest absolute Gasteiger partial charge is 0.488 e. The Balaban J connectivity index is 3.10. The van der Waals surface area contributed by atoms with Crippen molar-refractivity contribution in [1.29, 1.82) is 0 Å². The maximum atomic E-state index is 13.9. The average Bonchev–Trinajstić information content (AvgIpc) is 2.27. The van der Waals surface area contributed by atoms with Gasteiger partial charge in [-0.15, -0.1) is 0 Å². The Morgan fingerprint density at radius 1 is 1.31 bits per heavy atom. The first-order chi connectivity index (χ1) is 7.60. The Labute approximate surface area is 94.5 Å². The number of aliphatic hydroxyl groups is 2. The number of halogens is 1. The molecule has 0 aliphatic rings. The number of rotatable bonds is 5. The van der Waals surface area contributed by atoms with Crippen molar-refractivity contribution in [2.75, 3.05) is 13.2 Å². The summed E-state index contributed by atoms with van der Waals surface area (Å²) in [6, 6.07) is 3.09. The smallest absolute Gasteiger partial charge is 0.168 e. The second kappa shape index (κ2) is 5.82. The molecule has 1 aromatic carbocycles. The zero-order valence-corrected chi connectivity index (χ0v) is 9.53. The fourth-order valence-corrected chi connectivity index (χ4v) is 1.45. The molecule has 0 aromatic heterocycles. The van der Waals surface area contributed by atoms with Crippen molar-refractivity contribution in [2.45, 2.75) is 26.4 Å². The number of ether oxygens (including phenoxy) is 1. The highest BCUT2D eigenvalue weighted by molar-refractivity contribution is 5.37. The summed E-state index contributed by atoms with van der Waals surface area (Å²) in [4.78, 5) is 0. The lowest BCUT2D eigenvalue weighted by atomic mass is 9.99. The lowest BCUT2D eigenvalue weighted by molar-refractivity contribution is 0.195. The van der Waals surface area contributed by atoms with Crippen LogP contribution in [0, 0.1) is 5.82 Å². The summed E-state index contributed by atoms with van der Waals surface area (Å²) in [5, 5.41) is 17.7. The van der Waals surface area contributed by atoms with Crippen molar-refractivity contribution >= 4 is 0 Å². The molecule has 0 radical (unpaired) electrons. The molecule has 0 aliphatic carbocycles. The normalized spacial score (nSPS) is 10.9. The third-order valence-corrected chi connectivity index (χ3v) is 2.28. The molecule has 2 N–H and O–H groups in total. The number of hydrogen-bond acceptors (Lipinski definition) is 3. The van der Waals surface area contributed by atoms with Crippen molar-refractivity contribution in [3.05, 3.63) is 29.1 Å². The average molecular weight is 228 g/mol. The molecular weight excluding hydrogens is 211 g/mol. The number of hydrogen-bond donors (Lipinski definition) is 2.